The number of hydrogen-bond acceptors (Lipinski definition) is 2. The van der Waals surface area contributed by atoms with Crippen LogP contribution in [0.2, 0.25) is 0 Å². The molecule has 0 aromatic rings. The molecule has 0 aromatic heterocycles. The lowest BCUT2D eigenvalue weighted by atomic mass is 9.94. The molecule has 0 aliphatic carbocycles. The summed E-state index contributed by atoms with van der Waals surface area (Å²) < 4.78 is 0. The number of hydrogen-bond donors (Lipinski definition) is 1. The van der Waals surface area contributed by atoms with Gasteiger partial charge in [-0.2, -0.15) is 0 Å². The molecule has 104 valence electrons. The van der Waals surface area contributed by atoms with Crippen molar-refractivity contribution in [1.82, 2.24) is 10.2 Å². The fraction of sp³-hybridized carbons (Fsp3) is 0.933. The summed E-state index contributed by atoms with van der Waals surface area (Å²) >= 11 is 0. The third-order valence-electron chi connectivity index (χ3n) is 4.53. The van der Waals surface area contributed by atoms with Gasteiger partial charge >= 0.3 is 0 Å². The smallest absolute Gasteiger partial charge is 0.225 e. The van der Waals surface area contributed by atoms with Crippen molar-refractivity contribution in [2.45, 2.75) is 58.4 Å². The highest BCUT2D eigenvalue weighted by Gasteiger charge is 2.37. The van der Waals surface area contributed by atoms with Gasteiger partial charge in [0.25, 0.3) is 0 Å². The summed E-state index contributed by atoms with van der Waals surface area (Å²) in [6, 6.07) is 0.576. The molecular weight excluding hydrogens is 224 g/mol. The van der Waals surface area contributed by atoms with Gasteiger partial charge in [0.2, 0.25) is 5.91 Å². The van der Waals surface area contributed by atoms with Gasteiger partial charge in [0.1, 0.15) is 0 Å². The molecule has 1 amide bonds. The summed E-state index contributed by atoms with van der Waals surface area (Å²) in [4.78, 5) is 14.7. The third-order valence-corrected chi connectivity index (χ3v) is 4.53. The van der Waals surface area contributed by atoms with E-state index in [1.807, 2.05) is 0 Å². The fourth-order valence-electron chi connectivity index (χ4n) is 3.57. The first-order valence-electron chi connectivity index (χ1n) is 7.78. The average Bonchev–Trinajstić information content (AvgIpc) is 2.81. The largest absolute Gasteiger partial charge is 0.341 e. The van der Waals surface area contributed by atoms with E-state index >= 15 is 0 Å². The second kappa shape index (κ2) is 6.55. The van der Waals surface area contributed by atoms with Crippen LogP contribution in [0.3, 0.4) is 0 Å². The molecule has 0 radical (unpaired) electrons. The number of nitrogens with one attached hydrogen (secondary N) is 1. The lowest BCUT2D eigenvalue weighted by Crippen LogP contribution is -2.41. The Kier molecular flexibility index (Phi) is 5.04. The lowest BCUT2D eigenvalue weighted by molar-refractivity contribution is -0.135. The molecule has 0 aromatic carbocycles. The summed E-state index contributed by atoms with van der Waals surface area (Å²) in [6.45, 7) is 7.45. The van der Waals surface area contributed by atoms with Crippen molar-refractivity contribution < 1.29 is 4.79 Å². The van der Waals surface area contributed by atoms with Crippen LogP contribution in [-0.4, -0.2) is 36.5 Å². The van der Waals surface area contributed by atoms with E-state index in [0.717, 1.165) is 45.3 Å². The SMILES string of the molecule is CCCC(CCC)C(=O)N1CC2CCCNC2C1. The van der Waals surface area contributed by atoms with Gasteiger partial charge in [0.05, 0.1) is 0 Å². The number of piperidine rings is 1. The van der Waals surface area contributed by atoms with Crippen molar-refractivity contribution in [2.24, 2.45) is 11.8 Å². The van der Waals surface area contributed by atoms with Gasteiger partial charge in [-0.05, 0) is 38.1 Å². The van der Waals surface area contributed by atoms with Crippen LogP contribution in [0.25, 0.3) is 0 Å². The molecule has 2 fully saturated rings. The van der Waals surface area contributed by atoms with Gasteiger partial charge in [-0.15, -0.1) is 0 Å². The minimum absolute atomic E-state index is 0.278. The zero-order valence-electron chi connectivity index (χ0n) is 12.0. The van der Waals surface area contributed by atoms with Crippen molar-refractivity contribution in [2.75, 3.05) is 19.6 Å². The number of nitrogens with zero attached hydrogens (tertiary/aromatic N) is 1. The second-order valence-corrected chi connectivity index (χ2v) is 5.98. The predicted octanol–water partition coefficient (Wildman–Crippen LogP) is 2.41. The summed E-state index contributed by atoms with van der Waals surface area (Å²) in [5, 5.41) is 3.57. The van der Waals surface area contributed by atoms with Gasteiger partial charge in [-0.3, -0.25) is 4.79 Å². The molecular formula is C15H28N2O. The van der Waals surface area contributed by atoms with Crippen molar-refractivity contribution in [1.29, 1.82) is 0 Å². The fourth-order valence-corrected chi connectivity index (χ4v) is 3.57. The van der Waals surface area contributed by atoms with Gasteiger partial charge in [0.15, 0.2) is 0 Å². The highest BCUT2D eigenvalue weighted by Crippen LogP contribution is 2.27. The van der Waals surface area contributed by atoms with Crippen LogP contribution >= 0.6 is 0 Å². The average molecular weight is 252 g/mol. The van der Waals surface area contributed by atoms with E-state index < -0.39 is 0 Å². The molecule has 0 bridgehead atoms. The van der Waals surface area contributed by atoms with Gasteiger partial charge in [-0.1, -0.05) is 26.7 Å². The van der Waals surface area contributed by atoms with E-state index in [9.17, 15) is 4.79 Å². The van der Waals surface area contributed by atoms with Gasteiger partial charge < -0.3 is 10.2 Å². The molecule has 0 saturated carbocycles. The van der Waals surface area contributed by atoms with E-state index in [-0.39, 0.29) is 5.92 Å². The number of rotatable bonds is 5. The number of carbonyl (C=O) groups is 1. The second-order valence-electron chi connectivity index (χ2n) is 5.98. The Bertz CT molecular complexity index is 260. The van der Waals surface area contributed by atoms with Crippen LogP contribution in [-0.2, 0) is 4.79 Å². The van der Waals surface area contributed by atoms with E-state index in [4.69, 9.17) is 0 Å². The summed E-state index contributed by atoms with van der Waals surface area (Å²) in [5.41, 5.74) is 0. The standard InChI is InChI=1S/C15H28N2O/c1-3-6-12(7-4-2)15(18)17-10-13-8-5-9-16-14(13)11-17/h12-14,16H,3-11H2,1-2H3. The van der Waals surface area contributed by atoms with Crippen LogP contribution in [0.5, 0.6) is 0 Å². The Morgan fingerprint density at radius 1 is 1.28 bits per heavy atom. The zero-order chi connectivity index (χ0) is 13.0. The van der Waals surface area contributed by atoms with Crippen LogP contribution in [0, 0.1) is 11.8 Å². The van der Waals surface area contributed by atoms with E-state index in [0.29, 0.717) is 17.9 Å². The molecule has 3 nitrogen and oxygen atoms in total. The third kappa shape index (κ3) is 3.05. The monoisotopic (exact) mass is 252 g/mol. The molecule has 2 aliphatic heterocycles. The quantitative estimate of drug-likeness (QED) is 0.815. The van der Waals surface area contributed by atoms with E-state index in [2.05, 4.69) is 24.1 Å². The first-order valence-corrected chi connectivity index (χ1v) is 7.78. The highest BCUT2D eigenvalue weighted by molar-refractivity contribution is 5.79. The Balaban J connectivity index is 1.92. The number of carbonyl (C=O) groups excluding carboxylic acids is 1. The number of likely N-dealkylation sites (tertiary alicyclic amines) is 1. The van der Waals surface area contributed by atoms with Crippen molar-refractivity contribution >= 4 is 5.91 Å². The Morgan fingerprint density at radius 3 is 2.61 bits per heavy atom. The molecule has 3 heteroatoms. The number of fused-ring (bicyclic) bond motifs is 1. The topological polar surface area (TPSA) is 32.3 Å². The van der Waals surface area contributed by atoms with Crippen LogP contribution in [0.1, 0.15) is 52.4 Å². The maximum absolute atomic E-state index is 12.6. The minimum atomic E-state index is 0.278. The first kappa shape index (κ1) is 13.9. The molecule has 2 aliphatic rings. The molecule has 2 rings (SSSR count). The summed E-state index contributed by atoms with van der Waals surface area (Å²) in [7, 11) is 0. The minimum Gasteiger partial charge on any atom is -0.341 e. The first-order chi connectivity index (χ1) is 8.76. The maximum atomic E-state index is 12.6. The molecule has 2 atom stereocenters. The summed E-state index contributed by atoms with van der Waals surface area (Å²) in [6.07, 6.45) is 6.94. The normalized spacial score (nSPS) is 27.6. The van der Waals surface area contributed by atoms with Crippen LogP contribution in [0.4, 0.5) is 0 Å². The van der Waals surface area contributed by atoms with E-state index in [1.54, 1.807) is 0 Å². The molecule has 2 unspecified atom stereocenters. The summed E-state index contributed by atoms with van der Waals surface area (Å²) in [5.74, 6) is 1.42. The molecule has 1 N–H and O–H groups in total. The van der Waals surface area contributed by atoms with Crippen molar-refractivity contribution in [3.8, 4) is 0 Å². The van der Waals surface area contributed by atoms with Gasteiger partial charge in [-0.25, -0.2) is 0 Å². The van der Waals surface area contributed by atoms with Crippen molar-refractivity contribution in [3.63, 3.8) is 0 Å². The Labute approximate surface area is 111 Å². The Morgan fingerprint density at radius 2 is 2.00 bits per heavy atom. The molecule has 2 heterocycles. The zero-order valence-corrected chi connectivity index (χ0v) is 12.0. The lowest BCUT2D eigenvalue weighted by Gasteiger charge is -2.24. The van der Waals surface area contributed by atoms with Crippen LogP contribution < -0.4 is 5.32 Å². The molecule has 18 heavy (non-hydrogen) atoms. The van der Waals surface area contributed by atoms with Crippen LogP contribution in [0.15, 0.2) is 0 Å². The number of amides is 1. The van der Waals surface area contributed by atoms with E-state index in [1.165, 1.54) is 12.8 Å². The molecule has 2 saturated heterocycles. The highest BCUT2D eigenvalue weighted by atomic mass is 16.2. The van der Waals surface area contributed by atoms with Crippen molar-refractivity contribution in [3.05, 3.63) is 0 Å². The maximum Gasteiger partial charge on any atom is 0.225 e. The Hall–Kier alpha value is -0.570. The molecule has 0 spiro atoms. The predicted molar refractivity (Wildman–Crippen MR) is 74.4 cm³/mol. The van der Waals surface area contributed by atoms with Gasteiger partial charge in [0, 0.05) is 25.0 Å².